The van der Waals surface area contributed by atoms with Gasteiger partial charge in [0.2, 0.25) is 5.75 Å². The lowest BCUT2D eigenvalue weighted by atomic mass is 10.1. The number of aliphatic imine (C=N–C) groups is 1. The van der Waals surface area contributed by atoms with Crippen LogP contribution in [0.15, 0.2) is 35.5 Å². The Balaban J connectivity index is 2.50. The first-order chi connectivity index (χ1) is 10.4. The summed E-state index contributed by atoms with van der Waals surface area (Å²) >= 11 is 0. The van der Waals surface area contributed by atoms with E-state index in [1.165, 1.54) is 6.20 Å². The van der Waals surface area contributed by atoms with Gasteiger partial charge in [-0.3, -0.25) is 20.2 Å². The molecule has 0 unspecified atom stereocenters. The first-order valence-electron chi connectivity index (χ1n) is 6.01. The van der Waals surface area contributed by atoms with E-state index in [9.17, 15) is 25.3 Å². The van der Waals surface area contributed by atoms with Gasteiger partial charge in [-0.25, -0.2) is 9.98 Å². The van der Waals surface area contributed by atoms with Crippen molar-refractivity contribution in [2.24, 2.45) is 4.99 Å². The van der Waals surface area contributed by atoms with E-state index < -0.39 is 27.0 Å². The van der Waals surface area contributed by atoms with Crippen LogP contribution in [0.3, 0.4) is 0 Å². The van der Waals surface area contributed by atoms with Gasteiger partial charge in [0.15, 0.2) is 5.82 Å². The molecule has 9 heteroatoms. The third-order valence-electron chi connectivity index (χ3n) is 2.75. The van der Waals surface area contributed by atoms with E-state index in [-0.39, 0.29) is 5.56 Å². The van der Waals surface area contributed by atoms with Gasteiger partial charge < -0.3 is 5.11 Å². The van der Waals surface area contributed by atoms with Crippen molar-refractivity contribution in [3.05, 3.63) is 61.8 Å². The lowest BCUT2D eigenvalue weighted by Crippen LogP contribution is -1.96. The predicted molar refractivity (Wildman–Crippen MR) is 77.6 cm³/mol. The first kappa shape index (κ1) is 15.0. The van der Waals surface area contributed by atoms with Crippen molar-refractivity contribution < 1.29 is 15.0 Å². The topological polar surface area (TPSA) is 132 Å². The summed E-state index contributed by atoms with van der Waals surface area (Å²) in [6.07, 6.45) is 2.62. The molecule has 0 saturated carbocycles. The molecule has 1 aromatic heterocycles. The third-order valence-corrected chi connectivity index (χ3v) is 2.75. The second kappa shape index (κ2) is 5.95. The molecule has 0 amide bonds. The molecule has 0 aliphatic heterocycles. The fourth-order valence-corrected chi connectivity index (χ4v) is 1.70. The normalized spacial score (nSPS) is 10.8. The maximum atomic E-state index is 10.8. The summed E-state index contributed by atoms with van der Waals surface area (Å²) in [7, 11) is 0. The Morgan fingerprint density at radius 1 is 1.23 bits per heavy atom. The van der Waals surface area contributed by atoms with Crippen molar-refractivity contribution in [2.75, 3.05) is 0 Å². The van der Waals surface area contributed by atoms with Gasteiger partial charge in [-0.2, -0.15) is 0 Å². The van der Waals surface area contributed by atoms with Gasteiger partial charge in [-0.1, -0.05) is 0 Å². The Kier molecular flexibility index (Phi) is 4.07. The maximum absolute atomic E-state index is 10.8. The molecule has 0 fully saturated rings. The van der Waals surface area contributed by atoms with E-state index in [0.29, 0.717) is 11.9 Å². The molecule has 2 rings (SSSR count). The van der Waals surface area contributed by atoms with Gasteiger partial charge in [0.25, 0.3) is 5.69 Å². The van der Waals surface area contributed by atoms with Crippen molar-refractivity contribution >= 4 is 23.4 Å². The van der Waals surface area contributed by atoms with Crippen LogP contribution in [-0.4, -0.2) is 26.2 Å². The fourth-order valence-electron chi connectivity index (χ4n) is 1.70. The summed E-state index contributed by atoms with van der Waals surface area (Å²) in [6, 6.07) is 5.10. The molecule has 2 aromatic rings. The fraction of sp³-hybridized carbons (Fsp3) is 0.0769. The molecule has 9 nitrogen and oxygen atoms in total. The minimum Gasteiger partial charge on any atom is -0.502 e. The molecule has 22 heavy (non-hydrogen) atoms. The highest BCUT2D eigenvalue weighted by atomic mass is 16.6. The quantitative estimate of drug-likeness (QED) is 0.524. The molecule has 1 aromatic carbocycles. The molecule has 0 radical (unpaired) electrons. The number of phenols is 1. The molecule has 0 spiro atoms. The first-order valence-corrected chi connectivity index (χ1v) is 6.01. The maximum Gasteiger partial charge on any atom is 0.318 e. The van der Waals surface area contributed by atoms with Crippen LogP contribution in [-0.2, 0) is 0 Å². The highest BCUT2D eigenvalue weighted by Gasteiger charge is 2.22. The number of hydrogen-bond donors (Lipinski definition) is 1. The number of aryl methyl sites for hydroxylation is 1. The largest absolute Gasteiger partial charge is 0.502 e. The zero-order valence-electron chi connectivity index (χ0n) is 11.3. The van der Waals surface area contributed by atoms with Crippen LogP contribution in [0, 0.1) is 27.2 Å². The Morgan fingerprint density at radius 2 is 1.95 bits per heavy atom. The van der Waals surface area contributed by atoms with E-state index in [2.05, 4.69) is 9.98 Å². The lowest BCUT2D eigenvalue weighted by molar-refractivity contribution is -0.394. The molecule has 0 bridgehead atoms. The van der Waals surface area contributed by atoms with Crippen LogP contribution in [0.1, 0.15) is 11.1 Å². The number of benzene rings is 1. The number of pyridine rings is 1. The summed E-state index contributed by atoms with van der Waals surface area (Å²) < 4.78 is 0. The Bertz CT molecular complexity index is 788. The monoisotopic (exact) mass is 302 g/mol. The van der Waals surface area contributed by atoms with E-state index >= 15 is 0 Å². The number of rotatable bonds is 4. The molecule has 0 aliphatic carbocycles. The zero-order valence-corrected chi connectivity index (χ0v) is 11.3. The van der Waals surface area contributed by atoms with E-state index in [1.54, 1.807) is 12.1 Å². The van der Waals surface area contributed by atoms with Crippen LogP contribution in [0.2, 0.25) is 0 Å². The number of nitro groups is 2. The molecule has 0 saturated heterocycles. The average molecular weight is 302 g/mol. The number of non-ortho nitro benzene ring substituents is 1. The van der Waals surface area contributed by atoms with E-state index in [1.807, 2.05) is 6.92 Å². The van der Waals surface area contributed by atoms with Crippen LogP contribution in [0.4, 0.5) is 17.2 Å². The molecule has 1 N–H and O–H groups in total. The van der Waals surface area contributed by atoms with Crippen LogP contribution >= 0.6 is 0 Å². The predicted octanol–water partition coefficient (Wildman–Crippen LogP) is 2.66. The van der Waals surface area contributed by atoms with Gasteiger partial charge >= 0.3 is 5.69 Å². The van der Waals surface area contributed by atoms with Gasteiger partial charge in [-0.05, 0) is 24.6 Å². The van der Waals surface area contributed by atoms with Crippen LogP contribution in [0.5, 0.6) is 5.75 Å². The molecular weight excluding hydrogens is 292 g/mol. The average Bonchev–Trinajstić information content (AvgIpc) is 2.45. The van der Waals surface area contributed by atoms with Crippen molar-refractivity contribution in [2.45, 2.75) is 6.92 Å². The number of aromatic nitrogens is 1. The number of nitro benzene ring substituents is 2. The summed E-state index contributed by atoms with van der Waals surface area (Å²) in [5, 5.41) is 31.5. The molecule has 112 valence electrons. The zero-order chi connectivity index (χ0) is 16.3. The van der Waals surface area contributed by atoms with Gasteiger partial charge in [0.1, 0.15) is 0 Å². The van der Waals surface area contributed by atoms with Crippen LogP contribution < -0.4 is 0 Å². The number of hydrogen-bond acceptors (Lipinski definition) is 7. The Morgan fingerprint density at radius 3 is 2.55 bits per heavy atom. The summed E-state index contributed by atoms with van der Waals surface area (Å²) in [5.74, 6) is -0.374. The minimum atomic E-state index is -0.898. The standard InChI is InChI=1S/C13H10N4O5/c1-8-2-3-14-12(4-8)15-7-9-5-10(16(19)20)6-11(13(9)18)17(21)22/h2-7,18H,1H3. The lowest BCUT2D eigenvalue weighted by Gasteiger charge is -2.01. The van der Waals surface area contributed by atoms with Crippen molar-refractivity contribution in [3.8, 4) is 5.75 Å². The van der Waals surface area contributed by atoms with Gasteiger partial charge in [0.05, 0.1) is 15.9 Å². The smallest absolute Gasteiger partial charge is 0.318 e. The Labute approximate surface area is 123 Å². The van der Waals surface area contributed by atoms with Crippen molar-refractivity contribution in [1.82, 2.24) is 4.98 Å². The molecular formula is C13H10N4O5. The van der Waals surface area contributed by atoms with Crippen molar-refractivity contribution in [3.63, 3.8) is 0 Å². The summed E-state index contributed by atoms with van der Waals surface area (Å²) in [6.45, 7) is 1.83. The number of nitrogens with zero attached hydrogens (tertiary/aromatic N) is 4. The number of phenolic OH excluding ortho intramolecular Hbond substituents is 1. The van der Waals surface area contributed by atoms with Crippen molar-refractivity contribution in [1.29, 1.82) is 0 Å². The highest BCUT2D eigenvalue weighted by Crippen LogP contribution is 2.33. The summed E-state index contributed by atoms with van der Waals surface area (Å²) in [4.78, 5) is 27.9. The molecule has 1 heterocycles. The molecule has 0 aliphatic rings. The Hall–Kier alpha value is -3.36. The second-order valence-electron chi connectivity index (χ2n) is 4.37. The van der Waals surface area contributed by atoms with Gasteiger partial charge in [0, 0.05) is 24.0 Å². The SMILES string of the molecule is Cc1ccnc(N=Cc2cc([N+](=O)[O-])cc([N+](=O)[O-])c2O)c1. The van der Waals surface area contributed by atoms with Gasteiger partial charge in [-0.15, -0.1) is 0 Å². The summed E-state index contributed by atoms with van der Waals surface area (Å²) in [5.41, 5.74) is -0.503. The molecule has 0 atom stereocenters. The highest BCUT2D eigenvalue weighted by molar-refractivity contribution is 5.88. The third kappa shape index (κ3) is 3.20. The number of aromatic hydroxyl groups is 1. The van der Waals surface area contributed by atoms with Crippen LogP contribution in [0.25, 0.3) is 0 Å². The van der Waals surface area contributed by atoms with E-state index in [0.717, 1.165) is 17.8 Å². The minimum absolute atomic E-state index is 0.135. The second-order valence-corrected chi connectivity index (χ2v) is 4.37. The van der Waals surface area contributed by atoms with E-state index in [4.69, 9.17) is 0 Å².